The number of amides is 3. The van der Waals surface area contributed by atoms with Crippen molar-refractivity contribution in [2.45, 2.75) is 275 Å². The van der Waals surface area contributed by atoms with Gasteiger partial charge in [0.1, 0.15) is 30.4 Å². The maximum Gasteiger partial charge on any atom is 0.303 e. The molecule has 386 valence electrons. The molecule has 2 rings (SSSR count). The Morgan fingerprint density at radius 2 is 1.01 bits per heavy atom. The summed E-state index contributed by atoms with van der Waals surface area (Å²) >= 11 is 0. The molecule has 1 aliphatic heterocycles. The fraction of sp³-hybridized carbons (Fsp3) is 0.818. The summed E-state index contributed by atoms with van der Waals surface area (Å²) in [6.45, 7) is 4.25. The first kappa shape index (κ1) is 60.1. The Hall–Kier alpha value is -3.06. The molecule has 1 fully saturated rings. The third-order valence-corrected chi connectivity index (χ3v) is 13.6. The summed E-state index contributed by atoms with van der Waals surface area (Å²) in [7, 11) is 0. The summed E-state index contributed by atoms with van der Waals surface area (Å²) in [6.07, 6.45) is 29.9. The summed E-state index contributed by atoms with van der Waals surface area (Å²) in [5, 5.41) is 47.7. The molecule has 0 aliphatic carbocycles. The van der Waals surface area contributed by atoms with Crippen LogP contribution in [0.3, 0.4) is 0 Å². The highest BCUT2D eigenvalue weighted by molar-refractivity contribution is 5.88. The standard InChI is InChI=1S/C55H97N3O9/c1-3-5-7-9-11-13-15-17-18-19-20-22-24-26-34-40-49(61)58(42-36-29-25-23-21-16-14-12-10-8-6-4-2)55-51(53(65)52(64)47(44-59)67-55)57-54(66)46(43-45-37-31-30-32-38-45)56-48(60)39-33-27-28-35-41-50(62)63/h30-32,37-38,46-47,51-53,55,59,64-65H,3-29,33-36,39-44H2,1-2H3,(H,56,60)(H,57,66)(H,62,63)/t46-,47+,51+,52+,53+,55+/m0/s1. The van der Waals surface area contributed by atoms with E-state index in [0.717, 1.165) is 44.1 Å². The molecule has 0 spiro atoms. The van der Waals surface area contributed by atoms with Crippen LogP contribution in [0.15, 0.2) is 30.3 Å². The molecule has 6 atom stereocenters. The number of carbonyl (C=O) groups is 4. The lowest BCUT2D eigenvalue weighted by atomic mass is 9.94. The van der Waals surface area contributed by atoms with Gasteiger partial charge in [-0.1, -0.05) is 218 Å². The van der Waals surface area contributed by atoms with Crippen molar-refractivity contribution in [3.8, 4) is 0 Å². The molecule has 67 heavy (non-hydrogen) atoms. The molecule has 0 saturated carbocycles. The van der Waals surface area contributed by atoms with E-state index in [1.165, 1.54) is 122 Å². The Balaban J connectivity index is 2.11. The number of carboxylic acid groups (broad SMARTS) is 1. The average Bonchev–Trinajstić information content (AvgIpc) is 3.32. The minimum Gasteiger partial charge on any atom is -0.481 e. The Kier molecular flexibility index (Phi) is 35.6. The van der Waals surface area contributed by atoms with Crippen LogP contribution < -0.4 is 10.6 Å². The number of nitrogens with one attached hydrogen (secondary N) is 2. The number of benzene rings is 1. The van der Waals surface area contributed by atoms with Crippen molar-refractivity contribution in [3.63, 3.8) is 0 Å². The van der Waals surface area contributed by atoms with Gasteiger partial charge in [-0.3, -0.25) is 19.2 Å². The molecule has 0 bridgehead atoms. The van der Waals surface area contributed by atoms with Crippen molar-refractivity contribution < 1.29 is 44.3 Å². The fourth-order valence-electron chi connectivity index (χ4n) is 9.33. The van der Waals surface area contributed by atoms with Gasteiger partial charge in [0.25, 0.3) is 0 Å². The van der Waals surface area contributed by atoms with Gasteiger partial charge in [-0.05, 0) is 31.2 Å². The highest BCUT2D eigenvalue weighted by Crippen LogP contribution is 2.26. The molecule has 3 amide bonds. The van der Waals surface area contributed by atoms with Crippen molar-refractivity contribution >= 4 is 23.7 Å². The number of aliphatic hydroxyl groups is 3. The monoisotopic (exact) mass is 944 g/mol. The normalized spacial score (nSPS) is 18.7. The largest absolute Gasteiger partial charge is 0.481 e. The average molecular weight is 944 g/mol. The highest BCUT2D eigenvalue weighted by Gasteiger charge is 2.48. The number of ether oxygens (including phenoxy) is 1. The maximum atomic E-state index is 14.3. The summed E-state index contributed by atoms with van der Waals surface area (Å²) in [4.78, 5) is 54.3. The molecule has 1 aliphatic rings. The van der Waals surface area contributed by atoms with Gasteiger partial charge in [0.2, 0.25) is 17.7 Å². The number of hydrogen-bond acceptors (Lipinski definition) is 8. The molecule has 6 N–H and O–H groups in total. The zero-order valence-electron chi connectivity index (χ0n) is 42.3. The van der Waals surface area contributed by atoms with Crippen molar-refractivity contribution in [2.24, 2.45) is 0 Å². The number of hydrogen-bond donors (Lipinski definition) is 6. The first-order chi connectivity index (χ1) is 32.6. The van der Waals surface area contributed by atoms with Crippen LogP contribution in [-0.2, 0) is 30.3 Å². The van der Waals surface area contributed by atoms with E-state index in [2.05, 4.69) is 24.5 Å². The van der Waals surface area contributed by atoms with Crippen LogP contribution in [0, 0.1) is 0 Å². The SMILES string of the molecule is CCCCCCCCCCCCCCCCCC(=O)N(CCCCCCCCCCCCCC)[C@@H]1O[C@H](CO)[C@@H](O)[C@H](O)[C@H]1NC(=O)[C@H](Cc1ccccc1)NC(=O)CCCCCCC(=O)O. The molecule has 1 saturated heterocycles. The molecule has 1 heterocycles. The smallest absolute Gasteiger partial charge is 0.303 e. The molecule has 12 nitrogen and oxygen atoms in total. The predicted octanol–water partition coefficient (Wildman–Crippen LogP) is 10.9. The first-order valence-corrected chi connectivity index (χ1v) is 27.4. The van der Waals surface area contributed by atoms with Gasteiger partial charge in [-0.15, -0.1) is 0 Å². The minimum atomic E-state index is -1.57. The van der Waals surface area contributed by atoms with Gasteiger partial charge in [0.05, 0.1) is 6.61 Å². The Morgan fingerprint density at radius 3 is 1.48 bits per heavy atom. The molecule has 0 aromatic heterocycles. The Morgan fingerprint density at radius 1 is 0.582 bits per heavy atom. The van der Waals surface area contributed by atoms with Crippen LogP contribution in [0.2, 0.25) is 0 Å². The highest BCUT2D eigenvalue weighted by atomic mass is 16.5. The third-order valence-electron chi connectivity index (χ3n) is 13.6. The number of carboxylic acids is 1. The van der Waals surface area contributed by atoms with Gasteiger partial charge < -0.3 is 40.7 Å². The van der Waals surface area contributed by atoms with E-state index >= 15 is 0 Å². The number of rotatable bonds is 43. The lowest BCUT2D eigenvalue weighted by Crippen LogP contribution is -2.70. The quantitative estimate of drug-likeness (QED) is 0.0347. The molecule has 1 aromatic rings. The lowest BCUT2D eigenvalue weighted by molar-refractivity contribution is -0.231. The zero-order valence-corrected chi connectivity index (χ0v) is 42.3. The van der Waals surface area contributed by atoms with E-state index in [4.69, 9.17) is 9.84 Å². The van der Waals surface area contributed by atoms with E-state index in [-0.39, 0.29) is 37.5 Å². The van der Waals surface area contributed by atoms with E-state index in [9.17, 15) is 34.5 Å². The van der Waals surface area contributed by atoms with Gasteiger partial charge in [-0.2, -0.15) is 0 Å². The summed E-state index contributed by atoms with van der Waals surface area (Å²) < 4.78 is 6.29. The summed E-state index contributed by atoms with van der Waals surface area (Å²) in [6, 6.07) is 7.00. The number of unbranched alkanes of at least 4 members (excludes halogenated alkanes) is 28. The molecule has 0 radical (unpaired) electrons. The number of aliphatic carboxylic acids is 1. The van der Waals surface area contributed by atoms with Crippen LogP contribution in [0.1, 0.15) is 238 Å². The summed E-state index contributed by atoms with van der Waals surface area (Å²) in [5.41, 5.74) is 0.807. The third kappa shape index (κ3) is 28.3. The molecule has 1 aromatic carbocycles. The van der Waals surface area contributed by atoms with Gasteiger partial charge >= 0.3 is 5.97 Å². The first-order valence-electron chi connectivity index (χ1n) is 27.4. The van der Waals surface area contributed by atoms with Gasteiger partial charge in [-0.25, -0.2) is 0 Å². The van der Waals surface area contributed by atoms with Crippen LogP contribution in [-0.4, -0.2) is 98.8 Å². The van der Waals surface area contributed by atoms with E-state index in [1.54, 1.807) is 4.90 Å². The Labute approximate surface area is 406 Å². The van der Waals surface area contributed by atoms with Crippen LogP contribution >= 0.6 is 0 Å². The van der Waals surface area contributed by atoms with Crippen molar-refractivity contribution in [1.82, 2.24) is 15.5 Å². The molecular weight excluding hydrogens is 847 g/mol. The predicted molar refractivity (Wildman–Crippen MR) is 269 cm³/mol. The van der Waals surface area contributed by atoms with Crippen molar-refractivity contribution in [2.75, 3.05) is 13.2 Å². The number of nitrogens with zero attached hydrogens (tertiary/aromatic N) is 1. The van der Waals surface area contributed by atoms with Crippen LogP contribution in [0.25, 0.3) is 0 Å². The van der Waals surface area contributed by atoms with Crippen molar-refractivity contribution in [1.29, 1.82) is 0 Å². The zero-order chi connectivity index (χ0) is 48.7. The summed E-state index contributed by atoms with van der Waals surface area (Å²) in [5.74, 6) is -1.93. The number of carbonyl (C=O) groups excluding carboxylic acids is 3. The van der Waals surface area contributed by atoms with Crippen LogP contribution in [0.4, 0.5) is 0 Å². The number of aliphatic hydroxyl groups excluding tert-OH is 3. The second-order valence-electron chi connectivity index (χ2n) is 19.6. The Bertz CT molecular complexity index is 1400. The van der Waals surface area contributed by atoms with E-state index < -0.39 is 55.1 Å². The maximum absolute atomic E-state index is 14.3. The van der Waals surface area contributed by atoms with Crippen LogP contribution in [0.5, 0.6) is 0 Å². The van der Waals surface area contributed by atoms with Gasteiger partial charge in [0.15, 0.2) is 6.23 Å². The minimum absolute atomic E-state index is 0.0822. The van der Waals surface area contributed by atoms with E-state index in [0.29, 0.717) is 45.1 Å². The van der Waals surface area contributed by atoms with Gasteiger partial charge in [0, 0.05) is 32.2 Å². The van der Waals surface area contributed by atoms with E-state index in [1.807, 2.05) is 30.3 Å². The topological polar surface area (TPSA) is 186 Å². The fourth-order valence-corrected chi connectivity index (χ4v) is 9.33. The second-order valence-corrected chi connectivity index (χ2v) is 19.6. The van der Waals surface area contributed by atoms with Crippen molar-refractivity contribution in [3.05, 3.63) is 35.9 Å². The second kappa shape index (κ2) is 39.8. The molecule has 12 heteroatoms. The molecule has 0 unspecified atom stereocenters. The lowest BCUT2D eigenvalue weighted by Gasteiger charge is -2.47. The molecular formula is C55H97N3O9.